The Kier molecular flexibility index (Phi) is 3.16. The van der Waals surface area contributed by atoms with Crippen molar-refractivity contribution in [3.8, 4) is 6.07 Å². The van der Waals surface area contributed by atoms with E-state index in [9.17, 15) is 13.2 Å². The third-order valence-corrected chi connectivity index (χ3v) is 5.07. The fourth-order valence-electron chi connectivity index (χ4n) is 1.99. The quantitative estimate of drug-likeness (QED) is 0.770. The number of amides is 1. The number of nitriles is 1. The third kappa shape index (κ3) is 1.92. The number of hydrogen-bond donors (Lipinski definition) is 0. The molecule has 1 atom stereocenters. The molecule has 0 saturated heterocycles. The highest BCUT2D eigenvalue weighted by Gasteiger charge is 2.43. The number of allylic oxidation sites excluding steroid dienone is 1. The molecule has 1 heterocycles. The van der Waals surface area contributed by atoms with Crippen LogP contribution in [0.5, 0.6) is 0 Å². The van der Waals surface area contributed by atoms with Crippen LogP contribution in [0.25, 0.3) is 0 Å². The van der Waals surface area contributed by atoms with Gasteiger partial charge in [0, 0.05) is 6.08 Å². The molecular formula is C13H12N2O3S. The first-order valence-electron chi connectivity index (χ1n) is 5.65. The third-order valence-electron chi connectivity index (χ3n) is 3.16. The zero-order valence-electron chi connectivity index (χ0n) is 10.5. The summed E-state index contributed by atoms with van der Waals surface area (Å²) < 4.78 is 25.5. The van der Waals surface area contributed by atoms with Crippen LogP contribution in [-0.2, 0) is 10.0 Å². The summed E-state index contributed by atoms with van der Waals surface area (Å²) in [5.74, 6) is -0.547. The van der Waals surface area contributed by atoms with E-state index in [2.05, 4.69) is 0 Å². The summed E-state index contributed by atoms with van der Waals surface area (Å²) >= 11 is 0. The van der Waals surface area contributed by atoms with Crippen molar-refractivity contribution in [3.63, 3.8) is 0 Å². The summed E-state index contributed by atoms with van der Waals surface area (Å²) in [5, 5.41) is 8.62. The second kappa shape index (κ2) is 4.52. The number of sulfonamides is 1. The van der Waals surface area contributed by atoms with Crippen molar-refractivity contribution in [1.29, 1.82) is 5.26 Å². The Bertz CT molecular complexity index is 714. The lowest BCUT2D eigenvalue weighted by molar-refractivity contribution is 0.0852. The molecule has 6 heteroatoms. The lowest BCUT2D eigenvalue weighted by atomic mass is 10.1. The van der Waals surface area contributed by atoms with Gasteiger partial charge in [-0.2, -0.15) is 5.26 Å². The van der Waals surface area contributed by atoms with Gasteiger partial charge in [0.05, 0.1) is 17.7 Å². The largest absolute Gasteiger partial charge is 0.269 e. The van der Waals surface area contributed by atoms with Gasteiger partial charge in [-0.25, -0.2) is 12.7 Å². The van der Waals surface area contributed by atoms with Gasteiger partial charge >= 0.3 is 0 Å². The second-order valence-corrected chi connectivity index (χ2v) is 6.08. The Hall–Kier alpha value is -2.13. The highest BCUT2D eigenvalue weighted by Crippen LogP contribution is 2.33. The topological polar surface area (TPSA) is 78.2 Å². The van der Waals surface area contributed by atoms with Crippen molar-refractivity contribution in [1.82, 2.24) is 4.31 Å². The van der Waals surface area contributed by atoms with Gasteiger partial charge in [-0.3, -0.25) is 4.79 Å². The Balaban J connectivity index is 2.56. The molecule has 98 valence electrons. The number of carbonyl (C=O) groups is 1. The van der Waals surface area contributed by atoms with Crippen LogP contribution in [0, 0.1) is 11.3 Å². The maximum Gasteiger partial charge on any atom is 0.269 e. The lowest BCUT2D eigenvalue weighted by Crippen LogP contribution is -2.38. The van der Waals surface area contributed by atoms with Crippen LogP contribution in [0.15, 0.2) is 40.8 Å². The summed E-state index contributed by atoms with van der Waals surface area (Å²) in [6.45, 7) is 3.21. The highest BCUT2D eigenvalue weighted by atomic mass is 32.2. The minimum Gasteiger partial charge on any atom is -0.268 e. The van der Waals surface area contributed by atoms with E-state index in [1.54, 1.807) is 26.0 Å². The van der Waals surface area contributed by atoms with Crippen LogP contribution in [0.4, 0.5) is 0 Å². The molecule has 0 aromatic heterocycles. The Morgan fingerprint density at radius 1 is 1.42 bits per heavy atom. The molecule has 5 nitrogen and oxygen atoms in total. The van der Waals surface area contributed by atoms with Crippen molar-refractivity contribution in [2.24, 2.45) is 0 Å². The predicted molar refractivity (Wildman–Crippen MR) is 68.6 cm³/mol. The van der Waals surface area contributed by atoms with Crippen LogP contribution in [0.1, 0.15) is 24.2 Å². The normalized spacial score (nSPS) is 18.9. The molecule has 0 aliphatic carbocycles. The SMILES string of the molecule is CC(=CC#N)C(C)N1C(=O)c2ccccc2S1(=O)=O. The monoisotopic (exact) mass is 276 g/mol. The number of benzene rings is 1. The molecule has 0 spiro atoms. The average Bonchev–Trinajstić information content (AvgIpc) is 2.57. The summed E-state index contributed by atoms with van der Waals surface area (Å²) in [7, 11) is -3.82. The smallest absolute Gasteiger partial charge is 0.268 e. The van der Waals surface area contributed by atoms with E-state index < -0.39 is 22.0 Å². The Labute approximate surface area is 111 Å². The van der Waals surface area contributed by atoms with Crippen LogP contribution >= 0.6 is 0 Å². The Morgan fingerprint density at radius 2 is 2.05 bits per heavy atom. The van der Waals surface area contributed by atoms with Crippen LogP contribution in [0.2, 0.25) is 0 Å². The molecule has 1 aromatic rings. The molecule has 0 N–H and O–H groups in total. The maximum atomic E-state index is 12.3. The fourth-order valence-corrected chi connectivity index (χ4v) is 3.79. The molecule has 1 amide bonds. The number of hydrogen-bond acceptors (Lipinski definition) is 4. The molecule has 1 aliphatic heterocycles. The van der Waals surface area contributed by atoms with Crippen molar-refractivity contribution in [2.75, 3.05) is 0 Å². The van der Waals surface area contributed by atoms with Crippen LogP contribution in [-0.4, -0.2) is 24.7 Å². The number of nitrogens with zero attached hydrogens (tertiary/aromatic N) is 2. The standard InChI is InChI=1S/C13H12N2O3S/c1-9(7-8-14)10(2)15-13(16)11-5-3-4-6-12(11)19(15,17)18/h3-7,10H,1-2H3. The molecule has 2 rings (SSSR count). The minimum atomic E-state index is -3.82. The first-order valence-corrected chi connectivity index (χ1v) is 7.09. The van der Waals surface area contributed by atoms with Gasteiger partial charge in [-0.05, 0) is 31.6 Å². The van der Waals surface area contributed by atoms with Gasteiger partial charge < -0.3 is 0 Å². The molecule has 0 saturated carbocycles. The molecule has 19 heavy (non-hydrogen) atoms. The number of carbonyl (C=O) groups excluding carboxylic acids is 1. The molecule has 1 aliphatic rings. The fraction of sp³-hybridized carbons (Fsp3) is 0.231. The second-order valence-electron chi connectivity index (χ2n) is 4.30. The van der Waals surface area contributed by atoms with Crippen LogP contribution in [0.3, 0.4) is 0 Å². The molecule has 1 aromatic carbocycles. The van der Waals surface area contributed by atoms with E-state index in [0.717, 1.165) is 4.31 Å². The highest BCUT2D eigenvalue weighted by molar-refractivity contribution is 7.90. The average molecular weight is 276 g/mol. The van der Waals surface area contributed by atoms with E-state index in [0.29, 0.717) is 5.57 Å². The van der Waals surface area contributed by atoms with Crippen molar-refractivity contribution in [3.05, 3.63) is 41.5 Å². The lowest BCUT2D eigenvalue weighted by Gasteiger charge is -2.23. The van der Waals surface area contributed by atoms with E-state index in [1.807, 2.05) is 6.07 Å². The maximum absolute atomic E-state index is 12.3. The predicted octanol–water partition coefficient (Wildman–Crippen LogP) is 1.69. The van der Waals surface area contributed by atoms with Gasteiger partial charge in [0.1, 0.15) is 4.90 Å². The number of rotatable bonds is 2. The summed E-state index contributed by atoms with van der Waals surface area (Å²) in [4.78, 5) is 12.2. The van der Waals surface area contributed by atoms with Crippen molar-refractivity contribution >= 4 is 15.9 Å². The van der Waals surface area contributed by atoms with Crippen LogP contribution < -0.4 is 0 Å². The first kappa shape index (κ1) is 13.3. The Morgan fingerprint density at radius 3 is 2.63 bits per heavy atom. The van der Waals surface area contributed by atoms with E-state index in [4.69, 9.17) is 5.26 Å². The molecule has 0 radical (unpaired) electrons. The molecule has 0 fully saturated rings. The van der Waals surface area contributed by atoms with Gasteiger partial charge in [0.2, 0.25) is 0 Å². The zero-order chi connectivity index (χ0) is 14.2. The summed E-state index contributed by atoms with van der Waals surface area (Å²) in [6.07, 6.45) is 1.25. The van der Waals surface area contributed by atoms with E-state index in [-0.39, 0.29) is 10.5 Å². The van der Waals surface area contributed by atoms with Crippen molar-refractivity contribution < 1.29 is 13.2 Å². The van der Waals surface area contributed by atoms with Gasteiger partial charge in [0.15, 0.2) is 0 Å². The van der Waals surface area contributed by atoms with Crippen molar-refractivity contribution in [2.45, 2.75) is 24.8 Å². The molecular weight excluding hydrogens is 264 g/mol. The summed E-state index contributed by atoms with van der Waals surface area (Å²) in [6, 6.07) is 7.27. The summed E-state index contributed by atoms with van der Waals surface area (Å²) in [5.41, 5.74) is 0.700. The first-order chi connectivity index (χ1) is 8.91. The van der Waals surface area contributed by atoms with E-state index >= 15 is 0 Å². The van der Waals surface area contributed by atoms with Gasteiger partial charge in [-0.1, -0.05) is 12.1 Å². The molecule has 1 unspecified atom stereocenters. The minimum absolute atomic E-state index is 0.0246. The zero-order valence-corrected chi connectivity index (χ0v) is 11.3. The number of fused-ring (bicyclic) bond motifs is 1. The van der Waals surface area contributed by atoms with E-state index in [1.165, 1.54) is 18.2 Å². The molecule has 0 bridgehead atoms. The van der Waals surface area contributed by atoms with Gasteiger partial charge in [0.25, 0.3) is 15.9 Å². The van der Waals surface area contributed by atoms with Gasteiger partial charge in [-0.15, -0.1) is 0 Å².